The molecule has 2 heterocycles. The van der Waals surface area contributed by atoms with Crippen molar-refractivity contribution in [3.05, 3.63) is 83.8 Å². The summed E-state index contributed by atoms with van der Waals surface area (Å²) < 4.78 is 10.8. The first-order valence-electron chi connectivity index (χ1n) is 10.2. The van der Waals surface area contributed by atoms with E-state index in [4.69, 9.17) is 9.15 Å². The van der Waals surface area contributed by atoms with Gasteiger partial charge in [-0.3, -0.25) is 9.69 Å². The van der Waals surface area contributed by atoms with E-state index >= 15 is 0 Å². The lowest BCUT2D eigenvalue weighted by Crippen LogP contribution is -2.46. The molecule has 6 nitrogen and oxygen atoms in total. The van der Waals surface area contributed by atoms with Crippen molar-refractivity contribution >= 4 is 11.6 Å². The molecule has 0 bridgehead atoms. The molecule has 1 saturated heterocycles. The van der Waals surface area contributed by atoms with Crippen molar-refractivity contribution in [1.82, 2.24) is 10.2 Å². The zero-order valence-electron chi connectivity index (χ0n) is 17.2. The van der Waals surface area contributed by atoms with E-state index in [1.54, 1.807) is 13.4 Å². The number of nitrogens with zero attached hydrogens (tertiary/aromatic N) is 2. The highest BCUT2D eigenvalue weighted by Crippen LogP contribution is 2.28. The Morgan fingerprint density at radius 3 is 2.63 bits per heavy atom. The van der Waals surface area contributed by atoms with Gasteiger partial charge in [0.1, 0.15) is 11.5 Å². The summed E-state index contributed by atoms with van der Waals surface area (Å²) in [6.07, 6.45) is 1.61. The summed E-state index contributed by atoms with van der Waals surface area (Å²) in [4.78, 5) is 17.3. The highest BCUT2D eigenvalue weighted by atomic mass is 16.5. The predicted octanol–water partition coefficient (Wildman–Crippen LogP) is 3.54. The van der Waals surface area contributed by atoms with Crippen LogP contribution in [0.3, 0.4) is 0 Å². The molecular formula is C24H27N3O3. The number of benzene rings is 2. The molecule has 1 amide bonds. The molecule has 1 aliphatic rings. The summed E-state index contributed by atoms with van der Waals surface area (Å²) in [5, 5.41) is 2.90. The minimum atomic E-state index is -0.0887. The zero-order chi connectivity index (χ0) is 20.8. The molecule has 4 rings (SSSR count). The molecule has 1 fully saturated rings. The Bertz CT molecular complexity index is 963. The van der Waals surface area contributed by atoms with Gasteiger partial charge in [-0.25, -0.2) is 0 Å². The van der Waals surface area contributed by atoms with Crippen molar-refractivity contribution in [3.63, 3.8) is 0 Å². The molecule has 0 aliphatic carbocycles. The Labute approximate surface area is 177 Å². The fraction of sp³-hybridized carbons (Fsp3) is 0.292. The summed E-state index contributed by atoms with van der Waals surface area (Å²) in [7, 11) is 1.72. The number of hydrogen-bond donors (Lipinski definition) is 1. The minimum absolute atomic E-state index is 0.0887. The van der Waals surface area contributed by atoms with E-state index in [-0.39, 0.29) is 5.91 Å². The lowest BCUT2D eigenvalue weighted by Gasteiger charge is -2.36. The SMILES string of the molecule is COc1ccccc1N1CCN(Cc2cccc(C(=O)NCc3ccco3)c2)CC1. The van der Waals surface area contributed by atoms with Crippen LogP contribution < -0.4 is 15.0 Å². The molecule has 6 heteroatoms. The number of rotatable bonds is 7. The van der Waals surface area contributed by atoms with Crippen molar-refractivity contribution < 1.29 is 13.9 Å². The van der Waals surface area contributed by atoms with E-state index in [1.165, 1.54) is 0 Å². The van der Waals surface area contributed by atoms with Gasteiger partial charge in [-0.05, 0) is 42.0 Å². The maximum absolute atomic E-state index is 12.5. The summed E-state index contributed by atoms with van der Waals surface area (Å²) in [6.45, 7) is 5.05. The number of nitrogens with one attached hydrogen (secondary N) is 1. The number of ether oxygens (including phenoxy) is 1. The molecular weight excluding hydrogens is 378 g/mol. The quantitative estimate of drug-likeness (QED) is 0.652. The van der Waals surface area contributed by atoms with E-state index in [0.717, 1.165) is 55.5 Å². The van der Waals surface area contributed by atoms with Crippen LogP contribution in [0.2, 0.25) is 0 Å². The Balaban J connectivity index is 1.32. The van der Waals surface area contributed by atoms with Crippen LogP contribution in [0.25, 0.3) is 0 Å². The highest BCUT2D eigenvalue weighted by Gasteiger charge is 2.19. The van der Waals surface area contributed by atoms with Gasteiger partial charge < -0.3 is 19.4 Å². The number of piperazine rings is 1. The standard InChI is InChI=1S/C24H27N3O3/c1-29-23-10-3-2-9-22(23)27-13-11-26(12-14-27)18-19-6-4-7-20(16-19)24(28)25-17-21-8-5-15-30-21/h2-10,15-16H,11-14,17-18H2,1H3,(H,25,28). The highest BCUT2D eigenvalue weighted by molar-refractivity contribution is 5.94. The molecule has 2 aromatic carbocycles. The van der Waals surface area contributed by atoms with E-state index in [2.05, 4.69) is 27.2 Å². The molecule has 3 aromatic rings. The molecule has 0 saturated carbocycles. The maximum atomic E-state index is 12.5. The van der Waals surface area contributed by atoms with Gasteiger partial charge >= 0.3 is 0 Å². The lowest BCUT2D eigenvalue weighted by atomic mass is 10.1. The van der Waals surface area contributed by atoms with E-state index in [9.17, 15) is 4.79 Å². The fourth-order valence-corrected chi connectivity index (χ4v) is 3.79. The van der Waals surface area contributed by atoms with Crippen LogP contribution in [0.15, 0.2) is 71.3 Å². The summed E-state index contributed by atoms with van der Waals surface area (Å²) in [5.74, 6) is 1.57. The second-order valence-electron chi connectivity index (χ2n) is 7.40. The topological polar surface area (TPSA) is 58.0 Å². The first kappa shape index (κ1) is 20.0. The third kappa shape index (κ3) is 4.83. The third-order valence-corrected chi connectivity index (χ3v) is 5.40. The summed E-state index contributed by atoms with van der Waals surface area (Å²) in [6, 6.07) is 19.7. The Kier molecular flexibility index (Phi) is 6.35. The minimum Gasteiger partial charge on any atom is -0.495 e. The number of hydrogen-bond acceptors (Lipinski definition) is 5. The van der Waals surface area contributed by atoms with Gasteiger partial charge in [0.15, 0.2) is 0 Å². The van der Waals surface area contributed by atoms with Crippen LogP contribution in [-0.4, -0.2) is 44.1 Å². The van der Waals surface area contributed by atoms with Crippen LogP contribution in [0, 0.1) is 0 Å². The molecule has 30 heavy (non-hydrogen) atoms. The second kappa shape index (κ2) is 9.50. The molecule has 0 atom stereocenters. The smallest absolute Gasteiger partial charge is 0.251 e. The number of anilines is 1. The van der Waals surface area contributed by atoms with Gasteiger partial charge in [-0.2, -0.15) is 0 Å². The normalized spacial score (nSPS) is 14.5. The van der Waals surface area contributed by atoms with Crippen LogP contribution in [0.5, 0.6) is 5.75 Å². The van der Waals surface area contributed by atoms with Gasteiger partial charge in [0, 0.05) is 38.3 Å². The number of para-hydroxylation sites is 2. The molecule has 0 radical (unpaired) electrons. The molecule has 1 aromatic heterocycles. The fourth-order valence-electron chi connectivity index (χ4n) is 3.79. The maximum Gasteiger partial charge on any atom is 0.251 e. The van der Waals surface area contributed by atoms with E-state index in [1.807, 2.05) is 48.5 Å². The van der Waals surface area contributed by atoms with Crippen molar-refractivity contribution in [1.29, 1.82) is 0 Å². The van der Waals surface area contributed by atoms with Crippen molar-refractivity contribution in [3.8, 4) is 5.75 Å². The molecule has 0 spiro atoms. The van der Waals surface area contributed by atoms with Crippen LogP contribution >= 0.6 is 0 Å². The predicted molar refractivity (Wildman–Crippen MR) is 117 cm³/mol. The van der Waals surface area contributed by atoms with Gasteiger partial charge in [-0.15, -0.1) is 0 Å². The second-order valence-corrected chi connectivity index (χ2v) is 7.40. The van der Waals surface area contributed by atoms with Gasteiger partial charge in [-0.1, -0.05) is 24.3 Å². The Morgan fingerprint density at radius 1 is 1.03 bits per heavy atom. The molecule has 0 unspecified atom stereocenters. The first-order valence-corrected chi connectivity index (χ1v) is 10.2. The average Bonchev–Trinajstić information content (AvgIpc) is 3.32. The number of methoxy groups -OCH3 is 1. The van der Waals surface area contributed by atoms with Crippen LogP contribution in [0.4, 0.5) is 5.69 Å². The molecule has 1 aliphatic heterocycles. The van der Waals surface area contributed by atoms with Crippen molar-refractivity contribution in [2.75, 3.05) is 38.2 Å². The van der Waals surface area contributed by atoms with Crippen molar-refractivity contribution in [2.45, 2.75) is 13.1 Å². The van der Waals surface area contributed by atoms with Crippen LogP contribution in [0.1, 0.15) is 21.7 Å². The number of furan rings is 1. The van der Waals surface area contributed by atoms with Crippen LogP contribution in [-0.2, 0) is 13.1 Å². The number of amides is 1. The monoisotopic (exact) mass is 405 g/mol. The Morgan fingerprint density at radius 2 is 1.87 bits per heavy atom. The molecule has 1 N–H and O–H groups in total. The van der Waals surface area contributed by atoms with Gasteiger partial charge in [0.05, 0.1) is 25.6 Å². The molecule has 156 valence electrons. The first-order chi connectivity index (χ1) is 14.7. The number of carbonyl (C=O) groups is 1. The van der Waals surface area contributed by atoms with E-state index in [0.29, 0.717) is 12.1 Å². The number of carbonyl (C=O) groups excluding carboxylic acids is 1. The lowest BCUT2D eigenvalue weighted by molar-refractivity contribution is 0.0948. The van der Waals surface area contributed by atoms with Gasteiger partial charge in [0.2, 0.25) is 0 Å². The zero-order valence-corrected chi connectivity index (χ0v) is 17.2. The summed E-state index contributed by atoms with van der Waals surface area (Å²) >= 11 is 0. The van der Waals surface area contributed by atoms with Gasteiger partial charge in [0.25, 0.3) is 5.91 Å². The van der Waals surface area contributed by atoms with Crippen molar-refractivity contribution in [2.24, 2.45) is 0 Å². The Hall–Kier alpha value is -3.25. The average molecular weight is 405 g/mol. The summed E-state index contributed by atoms with van der Waals surface area (Å²) in [5.41, 5.74) is 2.97. The largest absolute Gasteiger partial charge is 0.495 e. The van der Waals surface area contributed by atoms with E-state index < -0.39 is 0 Å². The third-order valence-electron chi connectivity index (χ3n) is 5.40.